The first-order chi connectivity index (χ1) is 11.6. The van der Waals surface area contributed by atoms with E-state index in [1.54, 1.807) is 0 Å². The smallest absolute Gasteiger partial charge is 0.303 e. The number of piperidine rings is 1. The number of carbonyl (C=O) groups is 2. The maximum absolute atomic E-state index is 13.0. The van der Waals surface area contributed by atoms with Crippen molar-refractivity contribution in [1.29, 1.82) is 0 Å². The molecular weight excluding hydrogens is 306 g/mol. The summed E-state index contributed by atoms with van der Waals surface area (Å²) in [5.41, 5.74) is 2.47. The van der Waals surface area contributed by atoms with Gasteiger partial charge in [0.25, 0.3) is 5.91 Å². The van der Waals surface area contributed by atoms with Crippen molar-refractivity contribution in [3.05, 3.63) is 35.6 Å². The second kappa shape index (κ2) is 7.07. The molecule has 2 heterocycles. The Morgan fingerprint density at radius 2 is 2.17 bits per heavy atom. The Bertz CT molecular complexity index is 749. The van der Waals surface area contributed by atoms with Gasteiger partial charge in [-0.1, -0.05) is 13.0 Å². The van der Waals surface area contributed by atoms with Crippen LogP contribution in [0.25, 0.3) is 11.0 Å². The number of amides is 1. The maximum atomic E-state index is 13.0. The molecule has 5 heteroatoms. The summed E-state index contributed by atoms with van der Waals surface area (Å²) in [7, 11) is 0. The average Bonchev–Trinajstić information content (AvgIpc) is 3.02. The number of aliphatic carboxylic acids is 1. The molecule has 2 aromatic rings. The molecule has 0 bridgehead atoms. The summed E-state index contributed by atoms with van der Waals surface area (Å²) < 4.78 is 5.55. The van der Waals surface area contributed by atoms with E-state index in [2.05, 4.69) is 6.92 Å². The number of nitrogens with zero attached hydrogens (tertiary/aromatic N) is 1. The third-order valence-electron chi connectivity index (χ3n) is 4.86. The Balaban J connectivity index is 1.87. The molecule has 1 saturated heterocycles. The molecule has 3 rings (SSSR count). The number of carboxylic acid groups (broad SMARTS) is 1. The minimum Gasteiger partial charge on any atom is -0.481 e. The van der Waals surface area contributed by atoms with Crippen LogP contribution in [0.3, 0.4) is 0 Å². The number of carboxylic acids is 1. The minimum absolute atomic E-state index is 0.00153. The van der Waals surface area contributed by atoms with E-state index >= 15 is 0 Å². The van der Waals surface area contributed by atoms with Gasteiger partial charge in [0, 0.05) is 24.4 Å². The van der Waals surface area contributed by atoms with Gasteiger partial charge in [0.1, 0.15) is 11.8 Å². The molecule has 1 fully saturated rings. The highest BCUT2D eigenvalue weighted by Crippen LogP contribution is 2.28. The molecule has 1 aromatic carbocycles. The lowest BCUT2D eigenvalue weighted by Gasteiger charge is -2.35. The zero-order valence-corrected chi connectivity index (χ0v) is 14.0. The highest BCUT2D eigenvalue weighted by molar-refractivity contribution is 6.06. The monoisotopic (exact) mass is 329 g/mol. The molecule has 24 heavy (non-hydrogen) atoms. The first-order valence-electron chi connectivity index (χ1n) is 8.63. The Labute approximate surface area is 141 Å². The van der Waals surface area contributed by atoms with Crippen molar-refractivity contribution in [2.45, 2.75) is 51.5 Å². The van der Waals surface area contributed by atoms with Crippen molar-refractivity contribution in [2.24, 2.45) is 0 Å². The van der Waals surface area contributed by atoms with Gasteiger partial charge in [-0.25, -0.2) is 0 Å². The molecule has 1 atom stereocenters. The summed E-state index contributed by atoms with van der Waals surface area (Å²) in [5.74, 6) is -0.855. The lowest BCUT2D eigenvalue weighted by molar-refractivity contribution is -0.137. The summed E-state index contributed by atoms with van der Waals surface area (Å²) in [6, 6.07) is 5.93. The molecule has 1 amide bonds. The summed E-state index contributed by atoms with van der Waals surface area (Å²) in [6.45, 7) is 2.76. The number of fused-ring (bicyclic) bond motifs is 1. The fourth-order valence-corrected chi connectivity index (χ4v) is 3.47. The molecule has 5 nitrogen and oxygen atoms in total. The van der Waals surface area contributed by atoms with E-state index in [0.717, 1.165) is 36.7 Å². The lowest BCUT2D eigenvalue weighted by atomic mass is 9.96. The Morgan fingerprint density at radius 1 is 1.33 bits per heavy atom. The average molecular weight is 329 g/mol. The van der Waals surface area contributed by atoms with Crippen LogP contribution in [0.5, 0.6) is 0 Å². The van der Waals surface area contributed by atoms with Gasteiger partial charge in [-0.3, -0.25) is 9.59 Å². The van der Waals surface area contributed by atoms with E-state index in [1.165, 1.54) is 11.8 Å². The van der Waals surface area contributed by atoms with E-state index in [1.807, 2.05) is 23.1 Å². The van der Waals surface area contributed by atoms with Crippen LogP contribution in [-0.4, -0.2) is 34.5 Å². The predicted molar refractivity (Wildman–Crippen MR) is 91.1 cm³/mol. The molecule has 0 radical (unpaired) electrons. The van der Waals surface area contributed by atoms with Gasteiger partial charge >= 0.3 is 5.97 Å². The van der Waals surface area contributed by atoms with Crippen molar-refractivity contribution < 1.29 is 19.1 Å². The molecule has 1 N–H and O–H groups in total. The van der Waals surface area contributed by atoms with Gasteiger partial charge in [-0.05, 0) is 49.8 Å². The molecule has 1 unspecified atom stereocenters. The highest BCUT2D eigenvalue weighted by Gasteiger charge is 2.29. The molecule has 0 saturated carbocycles. The summed E-state index contributed by atoms with van der Waals surface area (Å²) >= 11 is 0. The second-order valence-corrected chi connectivity index (χ2v) is 6.41. The number of carbonyl (C=O) groups excluding carboxylic acids is 1. The minimum atomic E-state index is -0.811. The number of furan rings is 1. The van der Waals surface area contributed by atoms with Crippen molar-refractivity contribution in [1.82, 2.24) is 4.90 Å². The van der Waals surface area contributed by atoms with E-state index in [-0.39, 0.29) is 18.4 Å². The Hall–Kier alpha value is -2.30. The van der Waals surface area contributed by atoms with Crippen LogP contribution in [0.15, 0.2) is 28.9 Å². The van der Waals surface area contributed by atoms with Gasteiger partial charge in [0.15, 0.2) is 0 Å². The molecule has 128 valence electrons. The van der Waals surface area contributed by atoms with Gasteiger partial charge in [0.05, 0.1) is 5.56 Å². The quantitative estimate of drug-likeness (QED) is 0.904. The standard InChI is InChI=1S/C19H23NO4/c1-2-13-6-8-17-15(11-13)16(12-24-17)19(23)20-10-4-3-5-14(20)7-9-18(21)22/h6,8,11-12,14H,2-5,7,9-10H2,1H3,(H,21,22). The normalized spacial score (nSPS) is 18.0. The van der Waals surface area contributed by atoms with Gasteiger partial charge in [0.2, 0.25) is 0 Å². The van der Waals surface area contributed by atoms with E-state index in [0.29, 0.717) is 18.5 Å². The molecule has 0 spiro atoms. The fraction of sp³-hybridized carbons (Fsp3) is 0.474. The predicted octanol–water partition coefficient (Wildman–Crippen LogP) is 3.85. The number of hydrogen-bond acceptors (Lipinski definition) is 3. The van der Waals surface area contributed by atoms with Crippen LogP contribution in [0.1, 0.15) is 54.9 Å². The van der Waals surface area contributed by atoms with E-state index in [4.69, 9.17) is 9.52 Å². The number of aryl methyl sites for hydroxylation is 1. The zero-order valence-electron chi connectivity index (χ0n) is 14.0. The van der Waals surface area contributed by atoms with Crippen LogP contribution in [-0.2, 0) is 11.2 Å². The number of rotatable bonds is 5. The first-order valence-corrected chi connectivity index (χ1v) is 8.63. The van der Waals surface area contributed by atoms with Crippen molar-refractivity contribution in [2.75, 3.05) is 6.54 Å². The summed E-state index contributed by atoms with van der Waals surface area (Å²) in [5, 5.41) is 9.78. The van der Waals surface area contributed by atoms with Gasteiger partial charge < -0.3 is 14.4 Å². The van der Waals surface area contributed by atoms with Crippen LogP contribution >= 0.6 is 0 Å². The Kier molecular flexibility index (Phi) is 4.88. The van der Waals surface area contributed by atoms with Crippen LogP contribution < -0.4 is 0 Å². The largest absolute Gasteiger partial charge is 0.481 e. The highest BCUT2D eigenvalue weighted by atomic mass is 16.4. The SMILES string of the molecule is CCc1ccc2occ(C(=O)N3CCCCC3CCC(=O)O)c2c1. The van der Waals surface area contributed by atoms with Crippen molar-refractivity contribution in [3.63, 3.8) is 0 Å². The van der Waals surface area contributed by atoms with Crippen molar-refractivity contribution >= 4 is 22.8 Å². The van der Waals surface area contributed by atoms with Crippen LogP contribution in [0, 0.1) is 0 Å². The molecule has 0 aliphatic carbocycles. The van der Waals surface area contributed by atoms with E-state index < -0.39 is 5.97 Å². The van der Waals surface area contributed by atoms with Crippen LogP contribution in [0.2, 0.25) is 0 Å². The molecule has 1 aromatic heterocycles. The summed E-state index contributed by atoms with van der Waals surface area (Å²) in [4.78, 5) is 25.8. The van der Waals surface area contributed by atoms with Gasteiger partial charge in [-0.15, -0.1) is 0 Å². The Morgan fingerprint density at radius 3 is 2.92 bits per heavy atom. The first kappa shape index (κ1) is 16.6. The molecular formula is C19H23NO4. The summed E-state index contributed by atoms with van der Waals surface area (Å²) in [6.07, 6.45) is 5.92. The van der Waals surface area contributed by atoms with Crippen molar-refractivity contribution in [3.8, 4) is 0 Å². The van der Waals surface area contributed by atoms with Crippen LogP contribution in [0.4, 0.5) is 0 Å². The third kappa shape index (κ3) is 3.30. The van der Waals surface area contributed by atoms with E-state index in [9.17, 15) is 9.59 Å². The number of likely N-dealkylation sites (tertiary alicyclic amines) is 1. The molecule has 1 aliphatic rings. The number of hydrogen-bond donors (Lipinski definition) is 1. The maximum Gasteiger partial charge on any atom is 0.303 e. The fourth-order valence-electron chi connectivity index (χ4n) is 3.47. The second-order valence-electron chi connectivity index (χ2n) is 6.41. The van der Waals surface area contributed by atoms with Gasteiger partial charge in [-0.2, -0.15) is 0 Å². The lowest BCUT2D eigenvalue weighted by Crippen LogP contribution is -2.43. The third-order valence-corrected chi connectivity index (χ3v) is 4.86. The zero-order chi connectivity index (χ0) is 17.1. The topological polar surface area (TPSA) is 70.8 Å². The number of benzene rings is 1. The molecule has 1 aliphatic heterocycles.